The first-order valence-corrected chi connectivity index (χ1v) is 14.3. The Bertz CT molecular complexity index is 1440. The van der Waals surface area contributed by atoms with Gasteiger partial charge in [0.2, 0.25) is 0 Å². The summed E-state index contributed by atoms with van der Waals surface area (Å²) in [5.74, 6) is 1.47. The van der Waals surface area contributed by atoms with Gasteiger partial charge in [0.15, 0.2) is 7.85 Å². The number of nitriles is 1. The molecule has 40 heavy (non-hydrogen) atoms. The average molecular weight is 539 g/mol. The molecule has 0 unspecified atom stereocenters. The Kier molecular flexibility index (Phi) is 7.40. The summed E-state index contributed by atoms with van der Waals surface area (Å²) in [6.07, 6.45) is 2.35. The molecular formula is C30H38BN7O2. The Morgan fingerprint density at radius 1 is 1.12 bits per heavy atom. The summed E-state index contributed by atoms with van der Waals surface area (Å²) in [5, 5.41) is 10.6. The molecule has 9 nitrogen and oxygen atoms in total. The molecule has 10 heteroatoms. The van der Waals surface area contributed by atoms with Crippen LogP contribution < -0.4 is 21.1 Å². The smallest absolute Gasteiger partial charge is 0.163 e. The lowest BCUT2D eigenvalue weighted by Gasteiger charge is -2.45. The molecule has 1 aromatic carbocycles. The molecule has 0 bridgehead atoms. The van der Waals surface area contributed by atoms with Crippen LogP contribution in [-0.2, 0) is 9.47 Å². The maximum Gasteiger partial charge on any atom is 0.163 e. The van der Waals surface area contributed by atoms with Crippen molar-refractivity contribution in [2.75, 3.05) is 62.7 Å². The Balaban J connectivity index is 1.09. The summed E-state index contributed by atoms with van der Waals surface area (Å²) >= 11 is 0. The number of aryl methyl sites for hydroxylation is 1. The molecule has 0 saturated carbocycles. The summed E-state index contributed by atoms with van der Waals surface area (Å²) < 4.78 is 11.9. The second kappa shape index (κ2) is 11.0. The fourth-order valence-corrected chi connectivity index (χ4v) is 6.60. The number of fused-ring (bicyclic) bond motifs is 1. The first kappa shape index (κ1) is 27.0. The van der Waals surface area contributed by atoms with Crippen molar-refractivity contribution in [3.8, 4) is 6.07 Å². The van der Waals surface area contributed by atoms with E-state index in [9.17, 15) is 5.26 Å². The largest absolute Gasteiger partial charge is 0.378 e. The average Bonchev–Trinajstić information content (AvgIpc) is 3.30. The number of methoxy groups -OCH3 is 1. The van der Waals surface area contributed by atoms with Gasteiger partial charge in [-0.25, -0.2) is 4.98 Å². The predicted octanol–water partition coefficient (Wildman–Crippen LogP) is 0.924. The molecule has 3 aliphatic heterocycles. The molecule has 0 spiro atoms. The number of aromatic nitrogens is 2. The van der Waals surface area contributed by atoms with Crippen molar-refractivity contribution in [3.63, 3.8) is 0 Å². The number of nitrogens with two attached hydrogens (primary N) is 1. The van der Waals surface area contributed by atoms with Gasteiger partial charge in [0.05, 0.1) is 35.4 Å². The molecule has 3 aromatic rings. The van der Waals surface area contributed by atoms with Crippen molar-refractivity contribution in [1.29, 1.82) is 5.26 Å². The summed E-state index contributed by atoms with van der Waals surface area (Å²) in [7, 11) is 3.69. The van der Waals surface area contributed by atoms with Gasteiger partial charge >= 0.3 is 0 Å². The van der Waals surface area contributed by atoms with E-state index in [4.69, 9.17) is 20.2 Å². The summed E-state index contributed by atoms with van der Waals surface area (Å²) in [5.41, 5.74) is 12.3. The third-order valence-electron chi connectivity index (χ3n) is 8.69. The zero-order valence-corrected chi connectivity index (χ0v) is 23.9. The number of benzene rings is 1. The fourth-order valence-electron chi connectivity index (χ4n) is 6.60. The lowest BCUT2D eigenvalue weighted by atomic mass is 9.89. The maximum absolute atomic E-state index is 9.61. The summed E-state index contributed by atoms with van der Waals surface area (Å²) in [6, 6.07) is 12.6. The van der Waals surface area contributed by atoms with Crippen LogP contribution in [0, 0.1) is 18.3 Å². The zero-order valence-electron chi connectivity index (χ0n) is 23.9. The number of pyridine rings is 2. The van der Waals surface area contributed by atoms with Gasteiger partial charge in [0, 0.05) is 76.1 Å². The molecule has 0 radical (unpaired) electrons. The number of ether oxygens (including phenoxy) is 2. The van der Waals surface area contributed by atoms with Gasteiger partial charge in [-0.15, -0.1) is 0 Å². The van der Waals surface area contributed by atoms with Crippen molar-refractivity contribution in [2.45, 2.75) is 44.1 Å². The third-order valence-corrected chi connectivity index (χ3v) is 8.69. The van der Waals surface area contributed by atoms with Gasteiger partial charge in [0.25, 0.3) is 0 Å². The van der Waals surface area contributed by atoms with E-state index in [1.54, 1.807) is 7.11 Å². The van der Waals surface area contributed by atoms with Crippen molar-refractivity contribution < 1.29 is 9.47 Å². The van der Waals surface area contributed by atoms with Crippen molar-refractivity contribution in [1.82, 2.24) is 14.9 Å². The lowest BCUT2D eigenvalue weighted by molar-refractivity contribution is -0.0435. The van der Waals surface area contributed by atoms with Crippen LogP contribution >= 0.6 is 0 Å². The maximum atomic E-state index is 9.61. The van der Waals surface area contributed by atoms with E-state index >= 15 is 0 Å². The minimum Gasteiger partial charge on any atom is -0.378 e. The molecule has 0 aliphatic carbocycles. The molecular weight excluding hydrogens is 501 g/mol. The van der Waals surface area contributed by atoms with E-state index in [2.05, 4.69) is 64.0 Å². The highest BCUT2D eigenvalue weighted by Gasteiger charge is 2.35. The molecule has 2 N–H and O–H groups in total. The van der Waals surface area contributed by atoms with Crippen LogP contribution in [0.5, 0.6) is 0 Å². The minimum absolute atomic E-state index is 0.0177. The molecule has 6 rings (SSSR count). The Morgan fingerprint density at radius 3 is 2.67 bits per heavy atom. The van der Waals surface area contributed by atoms with Gasteiger partial charge < -0.3 is 25.0 Å². The minimum atomic E-state index is 0.0177. The van der Waals surface area contributed by atoms with Crippen LogP contribution in [0.15, 0.2) is 36.5 Å². The number of nitrogens with zero attached hydrogens (tertiary/aromatic N) is 6. The number of rotatable bonds is 6. The summed E-state index contributed by atoms with van der Waals surface area (Å²) in [4.78, 5) is 16.6. The van der Waals surface area contributed by atoms with Crippen LogP contribution in [0.2, 0.25) is 0 Å². The highest BCUT2D eigenvalue weighted by atomic mass is 16.5. The fraction of sp³-hybridized carbons (Fsp3) is 0.500. The number of anilines is 2. The molecule has 2 aromatic heterocycles. The monoisotopic (exact) mass is 539 g/mol. The van der Waals surface area contributed by atoms with Crippen molar-refractivity contribution in [3.05, 3.63) is 53.2 Å². The van der Waals surface area contributed by atoms with Gasteiger partial charge in [-0.1, -0.05) is 6.07 Å². The van der Waals surface area contributed by atoms with E-state index in [0.29, 0.717) is 11.5 Å². The topological polar surface area (TPSA) is 104 Å². The van der Waals surface area contributed by atoms with Gasteiger partial charge in [-0.2, -0.15) is 5.26 Å². The highest BCUT2D eigenvalue weighted by Crippen LogP contribution is 2.33. The second-order valence-electron chi connectivity index (χ2n) is 11.7. The van der Waals surface area contributed by atoms with Crippen molar-refractivity contribution >= 4 is 35.8 Å². The quantitative estimate of drug-likeness (QED) is 0.458. The molecule has 208 valence electrons. The standard InChI is InChI=1S/C30H38BN7O2/c1-18-8-29(38-16-25(33)27(17-38)39-3)34-10-24(18)21-12-36(13-21)14-22-15-37(11-19(2)40-22)26-6-4-20(9-32)30-23(26)5-7-28(31)35-30/h4-8,10,19,21-22,25,27H,11-17,31,33H2,1-3H3/t19-,22+,25-,27-/m1/s1. The Labute approximate surface area is 237 Å². The normalized spacial score (nSPS) is 25.8. The third kappa shape index (κ3) is 5.15. The van der Waals surface area contributed by atoms with Gasteiger partial charge in [-0.3, -0.25) is 9.88 Å². The number of hydrogen-bond donors (Lipinski definition) is 1. The van der Waals surface area contributed by atoms with Gasteiger partial charge in [0.1, 0.15) is 11.9 Å². The Morgan fingerprint density at radius 2 is 1.95 bits per heavy atom. The SMILES string of the molecule is Bc1ccc2c(N3C[C@H](CN4CC(c5cnc(N6C[C@@H](N)[C@H](OC)C6)cc5C)C4)O[C@H](C)C3)ccc(C#N)c2n1. The second-order valence-corrected chi connectivity index (χ2v) is 11.7. The number of morpholine rings is 1. The van der Waals surface area contributed by atoms with E-state index < -0.39 is 0 Å². The van der Waals surface area contributed by atoms with Crippen molar-refractivity contribution in [2.24, 2.45) is 5.73 Å². The number of likely N-dealkylation sites (tertiary alicyclic amines) is 1. The molecule has 0 amide bonds. The van der Waals surface area contributed by atoms with E-state index in [0.717, 1.165) is 73.8 Å². The zero-order chi connectivity index (χ0) is 28.0. The number of hydrogen-bond acceptors (Lipinski definition) is 9. The Hall–Kier alpha value is -3.23. The predicted molar refractivity (Wildman–Crippen MR) is 160 cm³/mol. The van der Waals surface area contributed by atoms with Crippen LogP contribution in [0.25, 0.3) is 10.9 Å². The molecule has 3 saturated heterocycles. The first-order chi connectivity index (χ1) is 19.3. The molecule has 5 heterocycles. The van der Waals surface area contributed by atoms with Crippen LogP contribution in [0.3, 0.4) is 0 Å². The van der Waals surface area contributed by atoms with Crippen LogP contribution in [0.1, 0.15) is 29.5 Å². The van der Waals surface area contributed by atoms with Crippen LogP contribution in [-0.4, -0.2) is 100.0 Å². The molecule has 3 fully saturated rings. The van der Waals surface area contributed by atoms with E-state index in [-0.39, 0.29) is 24.4 Å². The van der Waals surface area contributed by atoms with Crippen LogP contribution in [0.4, 0.5) is 11.5 Å². The molecule has 4 atom stereocenters. The lowest BCUT2D eigenvalue weighted by Crippen LogP contribution is -2.55. The first-order valence-electron chi connectivity index (χ1n) is 14.3. The van der Waals surface area contributed by atoms with E-state index in [1.807, 2.05) is 20.0 Å². The highest BCUT2D eigenvalue weighted by molar-refractivity contribution is 6.31. The van der Waals surface area contributed by atoms with Gasteiger partial charge in [-0.05, 0) is 54.8 Å². The molecule has 3 aliphatic rings. The summed E-state index contributed by atoms with van der Waals surface area (Å²) in [6.45, 7) is 10.4. The van der Waals surface area contributed by atoms with E-state index in [1.165, 1.54) is 11.1 Å².